The van der Waals surface area contributed by atoms with Gasteiger partial charge in [0.15, 0.2) is 0 Å². The number of carbonyl (C=O) groups is 4. The minimum Gasteiger partial charge on any atom is -0.462 e. The molecule has 1 saturated heterocycles. The highest BCUT2D eigenvalue weighted by atomic mass is 16.6. The molecule has 10 heteroatoms. The number of amides is 2. The first kappa shape index (κ1) is 41.3. The van der Waals surface area contributed by atoms with Crippen LogP contribution in [0.4, 0.5) is 16.2 Å². The molecule has 0 bridgehead atoms. The van der Waals surface area contributed by atoms with Crippen molar-refractivity contribution in [3.05, 3.63) is 60.2 Å². The van der Waals surface area contributed by atoms with Gasteiger partial charge in [0.2, 0.25) is 0 Å². The van der Waals surface area contributed by atoms with Crippen molar-refractivity contribution in [1.82, 2.24) is 4.90 Å². The van der Waals surface area contributed by atoms with Crippen LogP contribution in [0.25, 0.3) is 0 Å². The Kier molecular flexibility index (Phi) is 17.3. The molecule has 2 fully saturated rings. The minimum atomic E-state index is -0.995. The molecule has 4 rings (SSSR count). The normalized spacial score (nSPS) is 16.5. The second-order valence-electron chi connectivity index (χ2n) is 12.9. The van der Waals surface area contributed by atoms with Gasteiger partial charge in [0.25, 0.3) is 0 Å². The van der Waals surface area contributed by atoms with Gasteiger partial charge in [-0.3, -0.25) is 24.7 Å². The van der Waals surface area contributed by atoms with Crippen molar-refractivity contribution in [3.8, 4) is 0 Å². The van der Waals surface area contributed by atoms with E-state index < -0.39 is 29.1 Å². The maximum absolute atomic E-state index is 13.9. The third-order valence-electron chi connectivity index (χ3n) is 8.59. The molecule has 0 radical (unpaired) electrons. The zero-order chi connectivity index (χ0) is 36.5. The summed E-state index contributed by atoms with van der Waals surface area (Å²) < 4.78 is 16.2. The average Bonchev–Trinajstić information content (AvgIpc) is 3.09. The number of ether oxygens (including phenoxy) is 3. The third-order valence-corrected chi connectivity index (χ3v) is 8.59. The predicted molar refractivity (Wildman–Crippen MR) is 194 cm³/mol. The molecule has 10 nitrogen and oxygen atoms in total. The molecule has 1 heterocycles. The Bertz CT molecular complexity index is 1310. The van der Waals surface area contributed by atoms with E-state index in [0.717, 1.165) is 44.1 Å². The lowest BCUT2D eigenvalue weighted by molar-refractivity contribution is -0.163. The van der Waals surface area contributed by atoms with Crippen LogP contribution >= 0.6 is 0 Å². The number of carbonyl (C=O) groups excluding carboxylic acids is 4. The van der Waals surface area contributed by atoms with E-state index in [0.29, 0.717) is 37.3 Å². The Morgan fingerprint density at radius 1 is 0.837 bits per heavy atom. The number of benzene rings is 2. The SMILES string of the molecule is CC.CC.COC(=O)C(=O)N(c1ccccc1NC(=O)OC(C)(C)C)C1CCN(C2(C(=O)OCc3ccccc3)CCCCCCC2)CC1. The number of nitrogens with zero attached hydrogens (tertiary/aromatic N) is 2. The van der Waals surface area contributed by atoms with Crippen LogP contribution in [0.2, 0.25) is 0 Å². The number of para-hydroxylation sites is 2. The molecule has 49 heavy (non-hydrogen) atoms. The number of esters is 2. The van der Waals surface area contributed by atoms with Crippen molar-refractivity contribution in [2.24, 2.45) is 0 Å². The number of methoxy groups -OCH3 is 1. The number of piperidine rings is 1. The summed E-state index contributed by atoms with van der Waals surface area (Å²) in [5.41, 5.74) is 0.199. The molecule has 2 aromatic carbocycles. The van der Waals surface area contributed by atoms with Crippen molar-refractivity contribution in [1.29, 1.82) is 0 Å². The summed E-state index contributed by atoms with van der Waals surface area (Å²) in [6, 6.07) is 16.2. The molecular weight excluding hydrogens is 622 g/mol. The average molecular weight is 682 g/mol. The van der Waals surface area contributed by atoms with E-state index in [4.69, 9.17) is 14.2 Å². The van der Waals surface area contributed by atoms with Crippen molar-refractivity contribution in [3.63, 3.8) is 0 Å². The summed E-state index contributed by atoms with van der Waals surface area (Å²) in [5, 5.41) is 2.74. The van der Waals surface area contributed by atoms with Crippen molar-refractivity contribution in [2.75, 3.05) is 30.4 Å². The van der Waals surface area contributed by atoms with E-state index in [2.05, 4.69) is 10.2 Å². The number of nitrogens with one attached hydrogen (secondary N) is 1. The fourth-order valence-corrected chi connectivity index (χ4v) is 6.41. The summed E-state index contributed by atoms with van der Waals surface area (Å²) in [4.78, 5) is 56.4. The van der Waals surface area contributed by atoms with Gasteiger partial charge in [-0.15, -0.1) is 0 Å². The zero-order valence-electron chi connectivity index (χ0n) is 31.0. The van der Waals surface area contributed by atoms with E-state index in [-0.39, 0.29) is 18.6 Å². The summed E-state index contributed by atoms with van der Waals surface area (Å²) in [6.45, 7) is 14.6. The summed E-state index contributed by atoms with van der Waals surface area (Å²) >= 11 is 0. The van der Waals surface area contributed by atoms with E-state index in [1.54, 1.807) is 45.0 Å². The second-order valence-corrected chi connectivity index (χ2v) is 12.9. The maximum Gasteiger partial charge on any atom is 0.412 e. The third kappa shape index (κ3) is 11.9. The molecule has 0 unspecified atom stereocenters. The van der Waals surface area contributed by atoms with Crippen LogP contribution in [-0.4, -0.2) is 66.2 Å². The molecule has 2 aromatic rings. The molecule has 0 atom stereocenters. The highest BCUT2D eigenvalue weighted by Crippen LogP contribution is 2.38. The molecule has 1 N–H and O–H groups in total. The molecule has 0 aromatic heterocycles. The van der Waals surface area contributed by atoms with Crippen LogP contribution in [0.1, 0.15) is 112 Å². The molecule has 1 aliphatic carbocycles. The molecule has 0 spiro atoms. The van der Waals surface area contributed by atoms with Crippen LogP contribution in [0, 0.1) is 0 Å². The molecule has 2 aliphatic rings. The van der Waals surface area contributed by atoms with Gasteiger partial charge >= 0.3 is 23.9 Å². The fraction of sp³-hybridized carbons (Fsp3) is 0.590. The van der Waals surface area contributed by atoms with Crippen LogP contribution in [-0.2, 0) is 35.2 Å². The first-order valence-corrected chi connectivity index (χ1v) is 18.0. The number of rotatable bonds is 7. The van der Waals surface area contributed by atoms with Gasteiger partial charge in [-0.05, 0) is 64.2 Å². The first-order chi connectivity index (χ1) is 23.5. The zero-order valence-corrected chi connectivity index (χ0v) is 31.0. The first-order valence-electron chi connectivity index (χ1n) is 18.0. The predicted octanol–water partition coefficient (Wildman–Crippen LogP) is 8.28. The lowest BCUT2D eigenvalue weighted by Crippen LogP contribution is -2.60. The number of anilines is 2. The second kappa shape index (κ2) is 20.6. The van der Waals surface area contributed by atoms with Crippen LogP contribution in [0.3, 0.4) is 0 Å². The Morgan fingerprint density at radius 3 is 1.96 bits per heavy atom. The van der Waals surface area contributed by atoms with E-state index in [1.807, 2.05) is 58.0 Å². The molecule has 1 aliphatic heterocycles. The van der Waals surface area contributed by atoms with E-state index in [1.165, 1.54) is 18.4 Å². The van der Waals surface area contributed by atoms with Gasteiger partial charge < -0.3 is 14.2 Å². The number of likely N-dealkylation sites (tertiary alicyclic amines) is 1. The monoisotopic (exact) mass is 681 g/mol. The standard InChI is InChI=1S/C35H47N3O7.2C2H6/c1-34(2,3)45-33(42)36-28-17-11-12-18-29(28)38(30(39)31(40)43-4)27-19-23-37(24-20-27)35(21-13-6-5-7-14-22-35)32(41)44-25-26-15-9-8-10-16-26;2*1-2/h8-12,15-18,27H,5-7,13-14,19-25H2,1-4H3,(H,36,42);2*1-2H3. The van der Waals surface area contributed by atoms with Gasteiger partial charge in [-0.1, -0.05) is 102 Å². The van der Waals surface area contributed by atoms with Crippen molar-refractivity contribution < 1.29 is 33.4 Å². The van der Waals surface area contributed by atoms with E-state index >= 15 is 0 Å². The molecule has 1 saturated carbocycles. The minimum absolute atomic E-state index is 0.193. The van der Waals surface area contributed by atoms with Gasteiger partial charge in [-0.2, -0.15) is 0 Å². The van der Waals surface area contributed by atoms with Crippen molar-refractivity contribution in [2.45, 2.75) is 130 Å². The van der Waals surface area contributed by atoms with Crippen LogP contribution in [0.5, 0.6) is 0 Å². The highest BCUT2D eigenvalue weighted by molar-refractivity contribution is 6.38. The molecule has 272 valence electrons. The smallest absolute Gasteiger partial charge is 0.412 e. The Balaban J connectivity index is 0.00000201. The van der Waals surface area contributed by atoms with Gasteiger partial charge in [0, 0.05) is 19.1 Å². The quantitative estimate of drug-likeness (QED) is 0.176. The fourth-order valence-electron chi connectivity index (χ4n) is 6.41. The lowest BCUT2D eigenvalue weighted by Gasteiger charge is -2.47. The van der Waals surface area contributed by atoms with E-state index in [9.17, 15) is 19.2 Å². The summed E-state index contributed by atoms with van der Waals surface area (Å²) in [7, 11) is 1.17. The number of hydrogen-bond acceptors (Lipinski definition) is 8. The van der Waals surface area contributed by atoms with Crippen LogP contribution in [0.15, 0.2) is 54.6 Å². The lowest BCUT2D eigenvalue weighted by atomic mass is 9.80. The largest absolute Gasteiger partial charge is 0.462 e. The van der Waals surface area contributed by atoms with Gasteiger partial charge in [-0.25, -0.2) is 9.59 Å². The van der Waals surface area contributed by atoms with Gasteiger partial charge in [0.05, 0.1) is 18.5 Å². The Morgan fingerprint density at radius 2 is 1.39 bits per heavy atom. The molecule has 2 amide bonds. The Hall–Kier alpha value is -3.92. The number of hydrogen-bond donors (Lipinski definition) is 1. The summed E-state index contributed by atoms with van der Waals surface area (Å²) in [6.07, 6.45) is 6.99. The van der Waals surface area contributed by atoms with Gasteiger partial charge in [0.1, 0.15) is 17.7 Å². The van der Waals surface area contributed by atoms with Crippen molar-refractivity contribution >= 4 is 35.3 Å². The Labute approximate surface area is 293 Å². The highest BCUT2D eigenvalue weighted by Gasteiger charge is 2.47. The molecular formula is C39H59N3O7. The summed E-state index contributed by atoms with van der Waals surface area (Å²) in [5.74, 6) is -2.01. The van der Waals surface area contributed by atoms with Crippen LogP contribution < -0.4 is 10.2 Å². The maximum atomic E-state index is 13.9. The topological polar surface area (TPSA) is 114 Å².